The van der Waals surface area contributed by atoms with Gasteiger partial charge < -0.3 is 14.6 Å². The zero-order valence-corrected chi connectivity index (χ0v) is 17.3. The van der Waals surface area contributed by atoms with E-state index in [4.69, 9.17) is 9.47 Å². The Balaban J connectivity index is 1.93. The van der Waals surface area contributed by atoms with Crippen molar-refractivity contribution in [2.75, 3.05) is 13.9 Å². The van der Waals surface area contributed by atoms with Crippen LogP contribution in [0, 0.1) is 23.2 Å². The summed E-state index contributed by atoms with van der Waals surface area (Å²) in [5.74, 6) is 1.07. The predicted octanol–water partition coefficient (Wildman–Crippen LogP) is 5.42. The van der Waals surface area contributed by atoms with Gasteiger partial charge in [-0.05, 0) is 75.5 Å². The number of allylic oxidation sites excluding steroid dienone is 1. The topological polar surface area (TPSA) is 55.8 Å². The van der Waals surface area contributed by atoms with Crippen molar-refractivity contribution in [2.45, 2.75) is 84.7 Å². The molecule has 0 amide bonds. The van der Waals surface area contributed by atoms with Gasteiger partial charge in [-0.1, -0.05) is 32.3 Å². The first kappa shape index (κ1) is 21.4. The minimum atomic E-state index is -0.779. The molecule has 26 heavy (non-hydrogen) atoms. The number of ether oxygens (including phenoxy) is 2. The van der Waals surface area contributed by atoms with Crippen LogP contribution in [0.15, 0.2) is 11.6 Å². The van der Waals surface area contributed by atoms with Crippen molar-refractivity contribution in [3.05, 3.63) is 11.6 Å². The Labute approximate surface area is 159 Å². The van der Waals surface area contributed by atoms with Gasteiger partial charge in [-0.2, -0.15) is 0 Å². The summed E-state index contributed by atoms with van der Waals surface area (Å²) in [6.07, 6.45) is 10.7. The molecule has 0 spiro atoms. The molecule has 2 saturated carbocycles. The first-order valence-electron chi connectivity index (χ1n) is 10.3. The maximum atomic E-state index is 11.2. The molecule has 0 bridgehead atoms. The van der Waals surface area contributed by atoms with Crippen LogP contribution < -0.4 is 0 Å². The fourth-order valence-electron chi connectivity index (χ4n) is 5.69. The van der Waals surface area contributed by atoms with Gasteiger partial charge in [-0.15, -0.1) is 0 Å². The lowest BCUT2D eigenvalue weighted by Gasteiger charge is -2.44. The number of hydrogen-bond donors (Lipinski definition) is 1. The normalized spacial score (nSPS) is 31.8. The van der Waals surface area contributed by atoms with Crippen LogP contribution >= 0.6 is 0 Å². The van der Waals surface area contributed by atoms with Gasteiger partial charge in [0, 0.05) is 13.2 Å². The molecule has 0 aromatic carbocycles. The second-order valence-electron chi connectivity index (χ2n) is 9.33. The molecule has 0 radical (unpaired) electrons. The highest BCUT2D eigenvalue weighted by atomic mass is 16.7. The molecule has 150 valence electrons. The molecule has 0 saturated heterocycles. The van der Waals surface area contributed by atoms with Crippen LogP contribution in [0.25, 0.3) is 0 Å². The first-order valence-corrected chi connectivity index (χ1v) is 10.3. The van der Waals surface area contributed by atoms with Crippen molar-refractivity contribution in [1.29, 1.82) is 0 Å². The molecule has 0 unspecified atom stereocenters. The Morgan fingerprint density at radius 2 is 2.15 bits per heavy atom. The maximum absolute atomic E-state index is 11.2. The van der Waals surface area contributed by atoms with Gasteiger partial charge in [0.1, 0.15) is 6.79 Å². The maximum Gasteiger partial charge on any atom is 0.328 e. The number of carboxylic acid groups (broad SMARTS) is 1. The summed E-state index contributed by atoms with van der Waals surface area (Å²) in [7, 11) is 1.66. The highest BCUT2D eigenvalue weighted by Crippen LogP contribution is 2.59. The molecule has 2 aliphatic carbocycles. The van der Waals surface area contributed by atoms with Crippen LogP contribution in [-0.2, 0) is 14.3 Å². The average molecular weight is 367 g/mol. The molecule has 4 heteroatoms. The standard InChI is InChI=1S/C22H38O4/c1-16(8-6-12-21(2,3)26-15-25-5)18-10-11-19-17(14-20(23)24)9-7-13-22(18,19)4/h14,16,18-19H,6-13,15H2,1-5H3,(H,23,24)/b17-14-/t16-,18-,19+,22-/m1/s1. The van der Waals surface area contributed by atoms with E-state index in [1.165, 1.54) is 30.9 Å². The molecular weight excluding hydrogens is 328 g/mol. The lowest BCUT2D eigenvalue weighted by Crippen LogP contribution is -2.36. The molecular formula is C22H38O4. The number of rotatable bonds is 9. The molecule has 0 aromatic rings. The Hall–Kier alpha value is -0.870. The van der Waals surface area contributed by atoms with E-state index in [1.54, 1.807) is 7.11 Å². The zero-order valence-electron chi connectivity index (χ0n) is 17.3. The van der Waals surface area contributed by atoms with E-state index in [0.29, 0.717) is 24.5 Å². The van der Waals surface area contributed by atoms with Crippen LogP contribution in [0.5, 0.6) is 0 Å². The van der Waals surface area contributed by atoms with Crippen molar-refractivity contribution in [2.24, 2.45) is 23.2 Å². The van der Waals surface area contributed by atoms with Crippen molar-refractivity contribution in [3.8, 4) is 0 Å². The number of aliphatic carboxylic acids is 1. The largest absolute Gasteiger partial charge is 0.478 e. The minimum Gasteiger partial charge on any atom is -0.478 e. The summed E-state index contributed by atoms with van der Waals surface area (Å²) in [4.78, 5) is 11.2. The highest BCUT2D eigenvalue weighted by Gasteiger charge is 2.50. The second-order valence-corrected chi connectivity index (χ2v) is 9.33. The molecule has 2 aliphatic rings. The summed E-state index contributed by atoms with van der Waals surface area (Å²) in [5.41, 5.74) is 1.33. The van der Waals surface area contributed by atoms with Crippen LogP contribution in [0.3, 0.4) is 0 Å². The average Bonchev–Trinajstić information content (AvgIpc) is 2.90. The van der Waals surface area contributed by atoms with Crippen molar-refractivity contribution >= 4 is 5.97 Å². The van der Waals surface area contributed by atoms with Gasteiger partial charge in [0.15, 0.2) is 0 Å². The summed E-state index contributed by atoms with van der Waals surface area (Å²) in [6.45, 7) is 9.44. The van der Waals surface area contributed by atoms with E-state index in [0.717, 1.165) is 32.1 Å². The Morgan fingerprint density at radius 3 is 2.81 bits per heavy atom. The third kappa shape index (κ3) is 5.10. The fraction of sp³-hybridized carbons (Fsp3) is 0.864. The minimum absolute atomic E-state index is 0.139. The molecule has 0 aromatic heterocycles. The fourth-order valence-corrected chi connectivity index (χ4v) is 5.69. The van der Waals surface area contributed by atoms with E-state index in [2.05, 4.69) is 27.7 Å². The lowest BCUT2D eigenvalue weighted by molar-refractivity contribution is -0.131. The summed E-state index contributed by atoms with van der Waals surface area (Å²) in [5, 5.41) is 9.20. The van der Waals surface area contributed by atoms with Gasteiger partial charge in [0.25, 0.3) is 0 Å². The molecule has 0 aliphatic heterocycles. The van der Waals surface area contributed by atoms with Gasteiger partial charge in [-0.25, -0.2) is 4.79 Å². The van der Waals surface area contributed by atoms with E-state index in [-0.39, 0.29) is 11.0 Å². The molecule has 2 fully saturated rings. The number of hydrogen-bond acceptors (Lipinski definition) is 3. The first-order chi connectivity index (χ1) is 12.2. The van der Waals surface area contributed by atoms with E-state index in [9.17, 15) is 9.90 Å². The Bertz CT molecular complexity index is 510. The molecule has 4 nitrogen and oxygen atoms in total. The summed E-state index contributed by atoms with van der Waals surface area (Å²) in [6, 6.07) is 0. The Morgan fingerprint density at radius 1 is 1.42 bits per heavy atom. The monoisotopic (exact) mass is 366 g/mol. The molecule has 0 heterocycles. The van der Waals surface area contributed by atoms with Crippen molar-refractivity contribution in [1.82, 2.24) is 0 Å². The van der Waals surface area contributed by atoms with Crippen LogP contribution in [0.1, 0.15) is 79.1 Å². The van der Waals surface area contributed by atoms with Crippen LogP contribution in [-0.4, -0.2) is 30.6 Å². The number of carbonyl (C=O) groups is 1. The quantitative estimate of drug-likeness (QED) is 0.437. The van der Waals surface area contributed by atoms with Gasteiger partial charge in [-0.3, -0.25) is 0 Å². The number of carboxylic acids is 1. The van der Waals surface area contributed by atoms with E-state index < -0.39 is 5.97 Å². The number of fused-ring (bicyclic) bond motifs is 1. The zero-order chi connectivity index (χ0) is 19.4. The van der Waals surface area contributed by atoms with Crippen molar-refractivity contribution in [3.63, 3.8) is 0 Å². The van der Waals surface area contributed by atoms with E-state index >= 15 is 0 Å². The van der Waals surface area contributed by atoms with Gasteiger partial charge >= 0.3 is 5.97 Å². The molecule has 2 rings (SSSR count). The highest BCUT2D eigenvalue weighted by molar-refractivity contribution is 5.80. The molecule has 4 atom stereocenters. The lowest BCUT2D eigenvalue weighted by atomic mass is 9.60. The van der Waals surface area contributed by atoms with Gasteiger partial charge in [0.2, 0.25) is 0 Å². The Kier molecular flexibility index (Phi) is 7.32. The van der Waals surface area contributed by atoms with Gasteiger partial charge in [0.05, 0.1) is 5.60 Å². The third-order valence-electron chi connectivity index (χ3n) is 7.04. The third-order valence-corrected chi connectivity index (χ3v) is 7.04. The van der Waals surface area contributed by atoms with E-state index in [1.807, 2.05) is 0 Å². The second kappa shape index (κ2) is 8.88. The van der Waals surface area contributed by atoms with Crippen molar-refractivity contribution < 1.29 is 19.4 Å². The summed E-state index contributed by atoms with van der Waals surface area (Å²) >= 11 is 0. The summed E-state index contributed by atoms with van der Waals surface area (Å²) < 4.78 is 10.8. The molecule has 1 N–H and O–H groups in total. The smallest absolute Gasteiger partial charge is 0.328 e. The number of methoxy groups -OCH3 is 1. The SMILES string of the molecule is COCOC(C)(C)CCC[C@@H](C)[C@H]1CC[C@H]2/C(=C\C(=O)O)CCC[C@]12C. The van der Waals surface area contributed by atoms with Crippen LogP contribution in [0.4, 0.5) is 0 Å². The predicted molar refractivity (Wildman–Crippen MR) is 104 cm³/mol. The van der Waals surface area contributed by atoms with Crippen LogP contribution in [0.2, 0.25) is 0 Å².